The lowest BCUT2D eigenvalue weighted by Gasteiger charge is -2.08. The molecular weight excluding hydrogens is 370 g/mol. The molecule has 0 aliphatic heterocycles. The van der Waals surface area contributed by atoms with E-state index in [1.165, 1.54) is 23.1 Å². The van der Waals surface area contributed by atoms with Crippen molar-refractivity contribution in [2.24, 2.45) is 4.99 Å². The van der Waals surface area contributed by atoms with Crippen LogP contribution in [0, 0.1) is 11.3 Å². The second-order valence-corrected chi connectivity index (χ2v) is 7.31. The van der Waals surface area contributed by atoms with E-state index in [-0.39, 0.29) is 6.61 Å². The number of nitriles is 1. The summed E-state index contributed by atoms with van der Waals surface area (Å²) < 4.78 is 0. The summed E-state index contributed by atoms with van der Waals surface area (Å²) in [5.41, 5.74) is 7.29. The molecule has 30 heavy (non-hydrogen) atoms. The van der Waals surface area contributed by atoms with E-state index in [0.717, 1.165) is 36.4 Å². The molecule has 0 radical (unpaired) electrons. The molecule has 0 aromatic heterocycles. The monoisotopic (exact) mass is 401 g/mol. The predicted octanol–water partition coefficient (Wildman–Crippen LogP) is 4.85. The number of hydrogen-bond donors (Lipinski definition) is 2. The lowest BCUT2D eigenvalue weighted by atomic mass is 10.0. The summed E-state index contributed by atoms with van der Waals surface area (Å²) in [6.45, 7) is 6.74. The highest BCUT2D eigenvalue weighted by Gasteiger charge is 2.15. The SMILES string of the molecule is C=C(N=C(C)C/C=C(/C#N)CO)c1cccc2c1CCC2.CNCc1ccccc1. The van der Waals surface area contributed by atoms with E-state index in [0.29, 0.717) is 12.0 Å². The van der Waals surface area contributed by atoms with Gasteiger partial charge in [0.2, 0.25) is 0 Å². The first kappa shape index (κ1) is 23.3. The molecule has 0 saturated heterocycles. The summed E-state index contributed by atoms with van der Waals surface area (Å²) >= 11 is 0. The average Bonchev–Trinajstić information content (AvgIpc) is 3.25. The van der Waals surface area contributed by atoms with Gasteiger partial charge in [0.25, 0.3) is 0 Å². The fourth-order valence-corrected chi connectivity index (χ4v) is 3.44. The number of aliphatic imine (C=N–C) groups is 1. The molecule has 0 heterocycles. The normalized spacial score (nSPS) is 13.1. The number of rotatable bonds is 7. The molecule has 0 fully saturated rings. The smallest absolute Gasteiger partial charge is 0.0968 e. The molecule has 156 valence electrons. The van der Waals surface area contributed by atoms with Crippen molar-refractivity contribution in [2.45, 2.75) is 39.2 Å². The lowest BCUT2D eigenvalue weighted by molar-refractivity contribution is 0.335. The Bertz CT molecular complexity index is 936. The number of aliphatic hydroxyl groups excluding tert-OH is 1. The Morgan fingerprint density at radius 1 is 1.20 bits per heavy atom. The molecule has 0 saturated carbocycles. The number of allylic oxidation sites excluding steroid dienone is 1. The van der Waals surface area contributed by atoms with Crippen molar-refractivity contribution in [3.05, 3.63) is 89.0 Å². The maximum Gasteiger partial charge on any atom is 0.0968 e. The molecule has 4 nitrogen and oxygen atoms in total. The highest BCUT2D eigenvalue weighted by molar-refractivity contribution is 5.89. The van der Waals surface area contributed by atoms with E-state index < -0.39 is 0 Å². The van der Waals surface area contributed by atoms with Crippen molar-refractivity contribution < 1.29 is 5.11 Å². The molecule has 0 unspecified atom stereocenters. The minimum Gasteiger partial charge on any atom is -0.391 e. The Balaban J connectivity index is 0.000000297. The number of nitrogens with one attached hydrogen (secondary N) is 1. The molecule has 0 amide bonds. The van der Waals surface area contributed by atoms with Gasteiger partial charge in [-0.25, -0.2) is 0 Å². The lowest BCUT2D eigenvalue weighted by Crippen LogP contribution is -2.04. The molecule has 4 heteroatoms. The zero-order valence-corrected chi connectivity index (χ0v) is 18.0. The van der Waals surface area contributed by atoms with Crippen LogP contribution in [0.3, 0.4) is 0 Å². The van der Waals surface area contributed by atoms with Gasteiger partial charge in [-0.2, -0.15) is 5.26 Å². The van der Waals surface area contributed by atoms with Crippen LogP contribution in [0.1, 0.15) is 42.0 Å². The van der Waals surface area contributed by atoms with Gasteiger partial charge in [0.1, 0.15) is 0 Å². The summed E-state index contributed by atoms with van der Waals surface area (Å²) in [7, 11) is 1.95. The summed E-state index contributed by atoms with van der Waals surface area (Å²) in [6, 6.07) is 18.6. The Kier molecular flexibility index (Phi) is 9.73. The fourth-order valence-electron chi connectivity index (χ4n) is 3.44. The molecule has 1 aliphatic rings. The van der Waals surface area contributed by atoms with Gasteiger partial charge in [-0.15, -0.1) is 0 Å². The Morgan fingerprint density at radius 2 is 1.97 bits per heavy atom. The number of nitrogens with zero attached hydrogens (tertiary/aromatic N) is 2. The predicted molar refractivity (Wildman–Crippen MR) is 125 cm³/mol. The van der Waals surface area contributed by atoms with E-state index in [4.69, 9.17) is 10.4 Å². The van der Waals surface area contributed by atoms with Crippen molar-refractivity contribution in [1.29, 1.82) is 5.26 Å². The van der Waals surface area contributed by atoms with Gasteiger partial charge < -0.3 is 10.4 Å². The van der Waals surface area contributed by atoms with Gasteiger partial charge in [0.15, 0.2) is 0 Å². The van der Waals surface area contributed by atoms with Gasteiger partial charge >= 0.3 is 0 Å². The second kappa shape index (κ2) is 12.5. The van der Waals surface area contributed by atoms with Gasteiger partial charge in [0.05, 0.1) is 23.9 Å². The van der Waals surface area contributed by atoms with Crippen LogP contribution in [0.5, 0.6) is 0 Å². The van der Waals surface area contributed by atoms with E-state index in [1.807, 2.05) is 38.2 Å². The Labute approximate surface area is 180 Å². The summed E-state index contributed by atoms with van der Waals surface area (Å²) in [5.74, 6) is 0. The molecule has 2 aromatic rings. The standard InChI is InChI=1S/C18H20N2O.C8H11N/c1-13(9-10-15(11-19)12-21)20-14(2)17-7-3-5-16-6-4-8-18(16)17;1-9-7-8-5-3-2-4-6-8/h3,5,7,10,21H,2,4,6,8-9,12H2,1H3;2-6,9H,7H2,1H3/b15-10-,20-13?;. The third kappa shape index (κ3) is 7.11. The van der Waals surface area contributed by atoms with Crippen molar-refractivity contribution in [3.63, 3.8) is 0 Å². The molecule has 2 N–H and O–H groups in total. The summed E-state index contributed by atoms with van der Waals surface area (Å²) in [4.78, 5) is 4.55. The van der Waals surface area contributed by atoms with Crippen molar-refractivity contribution in [1.82, 2.24) is 5.32 Å². The molecule has 2 aromatic carbocycles. The van der Waals surface area contributed by atoms with E-state index in [1.54, 1.807) is 6.08 Å². The van der Waals surface area contributed by atoms with Crippen LogP contribution in [0.2, 0.25) is 0 Å². The van der Waals surface area contributed by atoms with E-state index >= 15 is 0 Å². The van der Waals surface area contributed by atoms with Crippen molar-refractivity contribution in [2.75, 3.05) is 13.7 Å². The topological polar surface area (TPSA) is 68.4 Å². The van der Waals surface area contributed by atoms with Crippen LogP contribution >= 0.6 is 0 Å². The second-order valence-electron chi connectivity index (χ2n) is 7.31. The van der Waals surface area contributed by atoms with Crippen LogP contribution in [0.25, 0.3) is 5.70 Å². The number of hydrogen-bond acceptors (Lipinski definition) is 4. The minimum atomic E-state index is -0.225. The molecule has 3 rings (SSSR count). The van der Waals surface area contributed by atoms with Crippen molar-refractivity contribution >= 4 is 11.4 Å². The maximum atomic E-state index is 8.96. The zero-order valence-electron chi connectivity index (χ0n) is 18.0. The van der Waals surface area contributed by atoms with Crippen LogP contribution < -0.4 is 5.32 Å². The Hall–Kier alpha value is -3.00. The zero-order chi connectivity index (χ0) is 21.8. The van der Waals surface area contributed by atoms with Gasteiger partial charge in [-0.05, 0) is 49.9 Å². The first-order valence-corrected chi connectivity index (χ1v) is 10.3. The van der Waals surface area contributed by atoms with E-state index in [2.05, 4.69) is 47.2 Å². The van der Waals surface area contributed by atoms with E-state index in [9.17, 15) is 0 Å². The summed E-state index contributed by atoms with van der Waals surface area (Å²) in [6.07, 6.45) is 5.71. The highest BCUT2D eigenvalue weighted by atomic mass is 16.3. The molecule has 0 bridgehead atoms. The first-order chi connectivity index (χ1) is 14.6. The molecule has 0 spiro atoms. The van der Waals surface area contributed by atoms with Crippen molar-refractivity contribution in [3.8, 4) is 6.07 Å². The van der Waals surface area contributed by atoms with Crippen LogP contribution in [-0.4, -0.2) is 24.5 Å². The largest absolute Gasteiger partial charge is 0.391 e. The first-order valence-electron chi connectivity index (χ1n) is 10.3. The number of aliphatic hydroxyl groups is 1. The minimum absolute atomic E-state index is 0.225. The molecular formula is C26H31N3O. The quantitative estimate of drug-likeness (QED) is 0.515. The third-order valence-electron chi connectivity index (χ3n) is 4.96. The number of aryl methyl sites for hydroxylation is 1. The van der Waals surface area contributed by atoms with Gasteiger partial charge in [0, 0.05) is 24.2 Å². The van der Waals surface area contributed by atoms with Crippen LogP contribution in [-0.2, 0) is 19.4 Å². The number of fused-ring (bicyclic) bond motifs is 1. The average molecular weight is 402 g/mol. The fraction of sp³-hybridized carbons (Fsp3) is 0.308. The highest BCUT2D eigenvalue weighted by Crippen LogP contribution is 2.29. The maximum absolute atomic E-state index is 8.96. The van der Waals surface area contributed by atoms with Crippen LogP contribution in [0.4, 0.5) is 0 Å². The van der Waals surface area contributed by atoms with Gasteiger partial charge in [-0.1, -0.05) is 61.2 Å². The molecule has 0 atom stereocenters. The Morgan fingerprint density at radius 3 is 2.63 bits per heavy atom. The molecule has 1 aliphatic carbocycles. The van der Waals surface area contributed by atoms with Gasteiger partial charge in [-0.3, -0.25) is 4.99 Å². The number of benzene rings is 2. The van der Waals surface area contributed by atoms with Crippen LogP contribution in [0.15, 0.2) is 71.8 Å². The summed E-state index contributed by atoms with van der Waals surface area (Å²) in [5, 5.41) is 20.8. The third-order valence-corrected chi connectivity index (χ3v) is 4.96.